The Balaban J connectivity index is 1.54. The number of carbonyl (C=O) groups is 1. The fourth-order valence-electron chi connectivity index (χ4n) is 4.08. The monoisotopic (exact) mass is 463 g/mol. The van der Waals surface area contributed by atoms with Crippen LogP contribution in [0, 0.1) is 0 Å². The SMILES string of the molecule is CC(Cc1ccc(C(CCC(=O)O)=NO)cc1)N1CCN(c2cccc(C(F)(F)F)c2)CC1. The van der Waals surface area contributed by atoms with Crippen LogP contribution >= 0.6 is 0 Å². The summed E-state index contributed by atoms with van der Waals surface area (Å²) >= 11 is 0. The second kappa shape index (κ2) is 10.7. The van der Waals surface area contributed by atoms with Crippen molar-refractivity contribution in [2.24, 2.45) is 5.16 Å². The second-order valence-electron chi connectivity index (χ2n) is 8.26. The minimum Gasteiger partial charge on any atom is -0.481 e. The maximum absolute atomic E-state index is 13.0. The van der Waals surface area contributed by atoms with Crippen molar-refractivity contribution in [1.82, 2.24) is 4.90 Å². The number of piperazine rings is 1. The van der Waals surface area contributed by atoms with Gasteiger partial charge in [0.2, 0.25) is 0 Å². The quantitative estimate of drug-likeness (QED) is 0.343. The Morgan fingerprint density at radius 2 is 1.73 bits per heavy atom. The third-order valence-electron chi connectivity index (χ3n) is 5.99. The minimum absolute atomic E-state index is 0.106. The Morgan fingerprint density at radius 3 is 2.30 bits per heavy atom. The van der Waals surface area contributed by atoms with E-state index in [-0.39, 0.29) is 18.9 Å². The molecule has 9 heteroatoms. The second-order valence-corrected chi connectivity index (χ2v) is 8.26. The highest BCUT2D eigenvalue weighted by Crippen LogP contribution is 2.32. The molecule has 0 saturated carbocycles. The lowest BCUT2D eigenvalue weighted by Gasteiger charge is -2.39. The smallest absolute Gasteiger partial charge is 0.416 e. The molecular weight excluding hydrogens is 435 g/mol. The molecule has 1 aliphatic rings. The lowest BCUT2D eigenvalue weighted by Crippen LogP contribution is -2.50. The molecule has 33 heavy (non-hydrogen) atoms. The number of nitrogens with zero attached hydrogens (tertiary/aromatic N) is 3. The summed E-state index contributed by atoms with van der Waals surface area (Å²) in [6, 6.07) is 13.2. The zero-order valence-corrected chi connectivity index (χ0v) is 18.4. The molecule has 1 unspecified atom stereocenters. The van der Waals surface area contributed by atoms with Crippen LogP contribution in [0.4, 0.5) is 18.9 Å². The highest BCUT2D eigenvalue weighted by Gasteiger charge is 2.31. The fourth-order valence-corrected chi connectivity index (χ4v) is 4.08. The number of carboxylic acids is 1. The number of aliphatic carboxylic acids is 1. The molecule has 1 saturated heterocycles. The van der Waals surface area contributed by atoms with Crippen LogP contribution in [0.2, 0.25) is 0 Å². The summed E-state index contributed by atoms with van der Waals surface area (Å²) in [4.78, 5) is 15.1. The standard InChI is InChI=1S/C24H28F3N3O3/c1-17(15-18-5-7-19(8-6-18)22(28-33)9-10-23(31)32)29-11-13-30(14-12-29)21-4-2-3-20(16-21)24(25,26)27/h2-8,16-17,33H,9-15H2,1H3,(H,31,32). The summed E-state index contributed by atoms with van der Waals surface area (Å²) in [5.41, 5.74) is 2.09. The van der Waals surface area contributed by atoms with Crippen LogP contribution in [-0.4, -0.2) is 59.1 Å². The van der Waals surface area contributed by atoms with E-state index in [1.165, 1.54) is 12.1 Å². The number of benzene rings is 2. The van der Waals surface area contributed by atoms with Gasteiger partial charge < -0.3 is 15.2 Å². The fraction of sp³-hybridized carbons (Fsp3) is 0.417. The molecule has 6 nitrogen and oxygen atoms in total. The summed E-state index contributed by atoms with van der Waals surface area (Å²) in [6.07, 6.45) is -3.51. The largest absolute Gasteiger partial charge is 0.481 e. The van der Waals surface area contributed by atoms with Gasteiger partial charge in [-0.15, -0.1) is 0 Å². The third-order valence-corrected chi connectivity index (χ3v) is 5.99. The van der Waals surface area contributed by atoms with Gasteiger partial charge in [0.05, 0.1) is 17.7 Å². The molecule has 0 spiro atoms. The van der Waals surface area contributed by atoms with Crippen LogP contribution in [0.1, 0.15) is 36.5 Å². The molecule has 0 amide bonds. The summed E-state index contributed by atoms with van der Waals surface area (Å²) in [6.45, 7) is 4.95. The summed E-state index contributed by atoms with van der Waals surface area (Å²) < 4.78 is 39.0. The topological polar surface area (TPSA) is 76.4 Å². The molecule has 2 aromatic carbocycles. The maximum atomic E-state index is 13.0. The Bertz CT molecular complexity index is 969. The maximum Gasteiger partial charge on any atom is 0.416 e. The zero-order chi connectivity index (χ0) is 24.0. The predicted octanol–water partition coefficient (Wildman–Crippen LogP) is 4.50. The number of carboxylic acid groups (broad SMARTS) is 1. The van der Waals surface area contributed by atoms with Crippen LogP contribution in [0.3, 0.4) is 0 Å². The number of hydrogen-bond donors (Lipinski definition) is 2. The molecule has 1 fully saturated rings. The number of hydrogen-bond acceptors (Lipinski definition) is 5. The summed E-state index contributed by atoms with van der Waals surface area (Å²) in [5.74, 6) is -0.949. The van der Waals surface area contributed by atoms with Gasteiger partial charge in [-0.25, -0.2) is 0 Å². The van der Waals surface area contributed by atoms with Gasteiger partial charge in [-0.1, -0.05) is 35.5 Å². The van der Waals surface area contributed by atoms with Gasteiger partial charge in [-0.05, 0) is 42.7 Å². The average Bonchev–Trinajstić information content (AvgIpc) is 2.80. The van der Waals surface area contributed by atoms with Crippen molar-refractivity contribution in [3.63, 3.8) is 0 Å². The number of anilines is 1. The van der Waals surface area contributed by atoms with Crippen LogP contribution in [0.15, 0.2) is 53.7 Å². The molecule has 1 atom stereocenters. The van der Waals surface area contributed by atoms with Crippen molar-refractivity contribution >= 4 is 17.4 Å². The molecule has 3 rings (SSSR count). The van der Waals surface area contributed by atoms with Gasteiger partial charge in [-0.3, -0.25) is 9.69 Å². The lowest BCUT2D eigenvalue weighted by atomic mass is 10.0. The van der Waals surface area contributed by atoms with E-state index in [4.69, 9.17) is 10.3 Å². The number of rotatable bonds is 8. The van der Waals surface area contributed by atoms with E-state index in [0.29, 0.717) is 30.1 Å². The van der Waals surface area contributed by atoms with Crippen molar-refractivity contribution in [2.75, 3.05) is 31.1 Å². The van der Waals surface area contributed by atoms with Crippen molar-refractivity contribution < 1.29 is 28.3 Å². The lowest BCUT2D eigenvalue weighted by molar-refractivity contribution is -0.138. The highest BCUT2D eigenvalue weighted by atomic mass is 19.4. The molecule has 0 aromatic heterocycles. The van der Waals surface area contributed by atoms with Crippen molar-refractivity contribution in [3.05, 3.63) is 65.2 Å². The Kier molecular flexibility index (Phi) is 7.97. The molecule has 0 radical (unpaired) electrons. The summed E-state index contributed by atoms with van der Waals surface area (Å²) in [7, 11) is 0. The van der Waals surface area contributed by atoms with Crippen LogP contribution < -0.4 is 4.90 Å². The Labute approximate surface area is 190 Å². The first-order chi connectivity index (χ1) is 15.7. The third kappa shape index (κ3) is 6.71. The molecule has 0 aliphatic carbocycles. The Hall–Kier alpha value is -3.07. The molecule has 1 heterocycles. The molecule has 178 valence electrons. The van der Waals surface area contributed by atoms with E-state index in [0.717, 1.165) is 31.1 Å². The van der Waals surface area contributed by atoms with Crippen molar-refractivity contribution in [1.29, 1.82) is 0 Å². The van der Waals surface area contributed by atoms with E-state index < -0.39 is 17.7 Å². The zero-order valence-electron chi connectivity index (χ0n) is 18.4. The first-order valence-corrected chi connectivity index (χ1v) is 10.9. The van der Waals surface area contributed by atoms with Crippen molar-refractivity contribution in [3.8, 4) is 0 Å². The van der Waals surface area contributed by atoms with E-state index >= 15 is 0 Å². The van der Waals surface area contributed by atoms with E-state index in [2.05, 4.69) is 17.0 Å². The van der Waals surface area contributed by atoms with Gasteiger partial charge >= 0.3 is 12.1 Å². The first-order valence-electron chi connectivity index (χ1n) is 10.9. The van der Waals surface area contributed by atoms with E-state index in [1.54, 1.807) is 6.07 Å². The predicted molar refractivity (Wildman–Crippen MR) is 120 cm³/mol. The number of alkyl halides is 3. The van der Waals surface area contributed by atoms with Crippen LogP contribution in [-0.2, 0) is 17.4 Å². The van der Waals surface area contributed by atoms with E-state index in [9.17, 15) is 18.0 Å². The summed E-state index contributed by atoms with van der Waals surface area (Å²) in [5, 5.41) is 21.2. The molecule has 2 N–H and O–H groups in total. The first kappa shape index (κ1) is 24.6. The average molecular weight is 464 g/mol. The highest BCUT2D eigenvalue weighted by molar-refractivity contribution is 6.01. The Morgan fingerprint density at radius 1 is 1.06 bits per heavy atom. The molecule has 2 aromatic rings. The van der Waals surface area contributed by atoms with Gasteiger partial charge in [0.1, 0.15) is 0 Å². The number of oxime groups is 1. The van der Waals surface area contributed by atoms with Gasteiger partial charge in [-0.2, -0.15) is 13.2 Å². The van der Waals surface area contributed by atoms with Crippen LogP contribution in [0.5, 0.6) is 0 Å². The van der Waals surface area contributed by atoms with Gasteiger partial charge in [0.15, 0.2) is 0 Å². The molecule has 1 aliphatic heterocycles. The van der Waals surface area contributed by atoms with Crippen LogP contribution in [0.25, 0.3) is 0 Å². The van der Waals surface area contributed by atoms with Gasteiger partial charge in [0, 0.05) is 44.3 Å². The van der Waals surface area contributed by atoms with E-state index in [1.807, 2.05) is 29.2 Å². The minimum atomic E-state index is -4.35. The molecule has 0 bridgehead atoms. The molecular formula is C24H28F3N3O3. The van der Waals surface area contributed by atoms with Crippen molar-refractivity contribution in [2.45, 2.75) is 38.4 Å². The normalized spacial score (nSPS) is 16.6. The van der Waals surface area contributed by atoms with Gasteiger partial charge in [0.25, 0.3) is 0 Å². The number of halogens is 3.